The number of carboxylic acids is 1. The standard InChI is InChI=1S/C13H17NO4/c1-9(13(15)16)8-14-10-3-4-11-12(7-10)18-6-2-5-17-11/h3-4,7,9,14H,2,5-6,8H2,1H3,(H,15,16). The van der Waals surface area contributed by atoms with E-state index in [1.54, 1.807) is 6.92 Å². The van der Waals surface area contributed by atoms with Gasteiger partial charge in [0.2, 0.25) is 0 Å². The van der Waals surface area contributed by atoms with Crippen molar-refractivity contribution >= 4 is 11.7 Å². The molecule has 98 valence electrons. The first kappa shape index (κ1) is 12.5. The second-order valence-electron chi connectivity index (χ2n) is 4.33. The van der Waals surface area contributed by atoms with Crippen LogP contribution in [-0.4, -0.2) is 30.8 Å². The maximum Gasteiger partial charge on any atom is 0.308 e. The molecule has 2 N–H and O–H groups in total. The van der Waals surface area contributed by atoms with Crippen LogP contribution in [-0.2, 0) is 4.79 Å². The number of rotatable bonds is 4. The Labute approximate surface area is 106 Å². The summed E-state index contributed by atoms with van der Waals surface area (Å²) in [6.45, 7) is 3.35. The van der Waals surface area contributed by atoms with Gasteiger partial charge in [0.15, 0.2) is 11.5 Å². The quantitative estimate of drug-likeness (QED) is 0.856. The topological polar surface area (TPSA) is 67.8 Å². The van der Waals surface area contributed by atoms with Gasteiger partial charge in [-0.1, -0.05) is 6.92 Å². The molecule has 2 rings (SSSR count). The summed E-state index contributed by atoms with van der Waals surface area (Å²) < 4.78 is 11.1. The number of carbonyl (C=O) groups is 1. The van der Waals surface area contributed by atoms with E-state index in [0.717, 1.165) is 17.9 Å². The highest BCUT2D eigenvalue weighted by atomic mass is 16.5. The lowest BCUT2D eigenvalue weighted by molar-refractivity contribution is -0.140. The van der Waals surface area contributed by atoms with Crippen LogP contribution in [0, 0.1) is 5.92 Å². The Kier molecular flexibility index (Phi) is 3.92. The number of fused-ring (bicyclic) bond motifs is 1. The van der Waals surface area contributed by atoms with Gasteiger partial charge in [0.25, 0.3) is 0 Å². The second-order valence-corrected chi connectivity index (χ2v) is 4.33. The molecule has 5 heteroatoms. The van der Waals surface area contributed by atoms with Crippen molar-refractivity contribution in [2.24, 2.45) is 5.92 Å². The molecule has 0 bridgehead atoms. The lowest BCUT2D eigenvalue weighted by Gasteiger charge is -2.12. The number of carboxylic acid groups (broad SMARTS) is 1. The average Bonchev–Trinajstić information content (AvgIpc) is 2.60. The first-order valence-corrected chi connectivity index (χ1v) is 6.03. The van der Waals surface area contributed by atoms with Crippen molar-refractivity contribution in [3.63, 3.8) is 0 Å². The van der Waals surface area contributed by atoms with Gasteiger partial charge in [-0.25, -0.2) is 0 Å². The second kappa shape index (κ2) is 5.62. The van der Waals surface area contributed by atoms with E-state index in [-0.39, 0.29) is 0 Å². The molecule has 18 heavy (non-hydrogen) atoms. The molecular weight excluding hydrogens is 234 g/mol. The van der Waals surface area contributed by atoms with E-state index >= 15 is 0 Å². The molecule has 0 radical (unpaired) electrons. The Balaban J connectivity index is 2.02. The third-order valence-corrected chi connectivity index (χ3v) is 2.78. The van der Waals surface area contributed by atoms with Crippen molar-refractivity contribution in [2.75, 3.05) is 25.1 Å². The molecule has 1 aromatic rings. The van der Waals surface area contributed by atoms with Gasteiger partial charge in [-0.3, -0.25) is 4.79 Å². The molecule has 0 spiro atoms. The maximum absolute atomic E-state index is 10.7. The third-order valence-electron chi connectivity index (χ3n) is 2.78. The molecular formula is C13H17NO4. The Bertz CT molecular complexity index is 433. The van der Waals surface area contributed by atoms with Crippen LogP contribution in [0.3, 0.4) is 0 Å². The summed E-state index contributed by atoms with van der Waals surface area (Å²) in [6, 6.07) is 5.55. The maximum atomic E-state index is 10.7. The van der Waals surface area contributed by atoms with Crippen molar-refractivity contribution in [1.29, 1.82) is 0 Å². The molecule has 1 unspecified atom stereocenters. The van der Waals surface area contributed by atoms with E-state index in [1.165, 1.54) is 0 Å². The zero-order valence-corrected chi connectivity index (χ0v) is 10.3. The number of nitrogens with one attached hydrogen (secondary N) is 1. The molecule has 1 aliphatic heterocycles. The van der Waals surface area contributed by atoms with Crippen LogP contribution < -0.4 is 14.8 Å². The average molecular weight is 251 g/mol. The molecule has 1 atom stereocenters. The largest absolute Gasteiger partial charge is 0.490 e. The van der Waals surface area contributed by atoms with E-state index in [2.05, 4.69) is 5.32 Å². The Morgan fingerprint density at radius 1 is 1.39 bits per heavy atom. The van der Waals surface area contributed by atoms with Gasteiger partial charge < -0.3 is 19.9 Å². The van der Waals surface area contributed by atoms with E-state index < -0.39 is 11.9 Å². The van der Waals surface area contributed by atoms with Crippen molar-refractivity contribution in [2.45, 2.75) is 13.3 Å². The molecule has 5 nitrogen and oxygen atoms in total. The molecule has 1 aromatic carbocycles. The van der Waals surface area contributed by atoms with Crippen LogP contribution in [0.1, 0.15) is 13.3 Å². The van der Waals surface area contributed by atoms with Gasteiger partial charge in [0.1, 0.15) is 0 Å². The molecule has 0 aliphatic carbocycles. The van der Waals surface area contributed by atoms with Gasteiger partial charge >= 0.3 is 5.97 Å². The molecule has 1 aliphatic rings. The summed E-state index contributed by atoms with van der Waals surface area (Å²) in [7, 11) is 0. The summed E-state index contributed by atoms with van der Waals surface area (Å²) in [4.78, 5) is 10.7. The van der Waals surface area contributed by atoms with Crippen LogP contribution in [0.4, 0.5) is 5.69 Å². The van der Waals surface area contributed by atoms with Crippen molar-refractivity contribution in [1.82, 2.24) is 0 Å². The van der Waals surface area contributed by atoms with E-state index in [0.29, 0.717) is 25.5 Å². The summed E-state index contributed by atoms with van der Waals surface area (Å²) in [5, 5.41) is 11.9. The lowest BCUT2D eigenvalue weighted by atomic mass is 10.2. The normalized spacial score (nSPS) is 15.6. The summed E-state index contributed by atoms with van der Waals surface area (Å²) >= 11 is 0. The van der Waals surface area contributed by atoms with E-state index in [4.69, 9.17) is 14.6 Å². The Morgan fingerprint density at radius 3 is 2.83 bits per heavy atom. The van der Waals surface area contributed by atoms with E-state index in [1.807, 2.05) is 18.2 Å². The zero-order valence-electron chi connectivity index (χ0n) is 10.3. The van der Waals surface area contributed by atoms with E-state index in [9.17, 15) is 4.79 Å². The fraction of sp³-hybridized carbons (Fsp3) is 0.462. The van der Waals surface area contributed by atoms with Gasteiger partial charge in [-0.05, 0) is 12.1 Å². The van der Waals surface area contributed by atoms with Crippen molar-refractivity contribution in [3.8, 4) is 11.5 Å². The molecule has 1 heterocycles. The van der Waals surface area contributed by atoms with Gasteiger partial charge in [0, 0.05) is 24.7 Å². The molecule has 0 fully saturated rings. The predicted molar refractivity (Wildman–Crippen MR) is 67.3 cm³/mol. The summed E-state index contributed by atoms with van der Waals surface area (Å²) in [6.07, 6.45) is 0.869. The van der Waals surface area contributed by atoms with Crippen molar-refractivity contribution in [3.05, 3.63) is 18.2 Å². The van der Waals surface area contributed by atoms with Gasteiger partial charge in [0.05, 0.1) is 19.1 Å². The smallest absolute Gasteiger partial charge is 0.308 e. The third kappa shape index (κ3) is 3.06. The minimum atomic E-state index is -0.808. The summed E-state index contributed by atoms with van der Waals surface area (Å²) in [5.74, 6) is 0.211. The predicted octanol–water partition coefficient (Wildman–Crippen LogP) is 1.98. The summed E-state index contributed by atoms with van der Waals surface area (Å²) in [5.41, 5.74) is 0.840. The minimum absolute atomic E-state index is 0.384. The highest BCUT2D eigenvalue weighted by Gasteiger charge is 2.13. The zero-order chi connectivity index (χ0) is 13.0. The van der Waals surface area contributed by atoms with Crippen LogP contribution >= 0.6 is 0 Å². The van der Waals surface area contributed by atoms with Crippen LogP contribution in [0.15, 0.2) is 18.2 Å². The molecule has 0 saturated heterocycles. The number of hydrogen-bond acceptors (Lipinski definition) is 4. The number of hydrogen-bond donors (Lipinski definition) is 2. The SMILES string of the molecule is CC(CNc1ccc2c(c1)OCCCO2)C(=O)O. The fourth-order valence-corrected chi connectivity index (χ4v) is 1.63. The van der Waals surface area contributed by atoms with Crippen molar-refractivity contribution < 1.29 is 19.4 Å². The molecule has 0 amide bonds. The number of ether oxygens (including phenoxy) is 2. The number of aliphatic carboxylic acids is 1. The molecule has 0 saturated carbocycles. The van der Waals surface area contributed by atoms with Gasteiger partial charge in [-0.15, -0.1) is 0 Å². The van der Waals surface area contributed by atoms with Crippen LogP contribution in [0.2, 0.25) is 0 Å². The monoisotopic (exact) mass is 251 g/mol. The van der Waals surface area contributed by atoms with Crippen LogP contribution in [0.5, 0.6) is 11.5 Å². The van der Waals surface area contributed by atoms with Crippen LogP contribution in [0.25, 0.3) is 0 Å². The minimum Gasteiger partial charge on any atom is -0.490 e. The first-order chi connectivity index (χ1) is 8.66. The lowest BCUT2D eigenvalue weighted by Crippen LogP contribution is -2.19. The number of anilines is 1. The Morgan fingerprint density at radius 2 is 2.11 bits per heavy atom. The Hall–Kier alpha value is -1.91. The molecule has 0 aromatic heterocycles. The fourth-order valence-electron chi connectivity index (χ4n) is 1.63. The highest BCUT2D eigenvalue weighted by molar-refractivity contribution is 5.70. The highest BCUT2D eigenvalue weighted by Crippen LogP contribution is 2.32. The number of benzene rings is 1. The first-order valence-electron chi connectivity index (χ1n) is 6.03. The van der Waals surface area contributed by atoms with Gasteiger partial charge in [-0.2, -0.15) is 0 Å².